The van der Waals surface area contributed by atoms with E-state index in [4.69, 9.17) is 23.2 Å². The summed E-state index contributed by atoms with van der Waals surface area (Å²) in [6, 6.07) is 5.11. The lowest BCUT2D eigenvalue weighted by molar-refractivity contribution is 0.897. The van der Waals surface area contributed by atoms with E-state index < -0.39 is 0 Å². The molecule has 2 aromatic rings. The van der Waals surface area contributed by atoms with Gasteiger partial charge in [0.15, 0.2) is 0 Å². The lowest BCUT2D eigenvalue weighted by Crippen LogP contribution is -2.16. The summed E-state index contributed by atoms with van der Waals surface area (Å²) >= 11 is 11.9. The number of nitrogens with zero attached hydrogens (tertiary/aromatic N) is 3. The number of benzene rings is 1. The van der Waals surface area contributed by atoms with Crippen LogP contribution >= 0.6 is 23.2 Å². The first kappa shape index (κ1) is 14.5. The van der Waals surface area contributed by atoms with Crippen LogP contribution in [0.3, 0.4) is 0 Å². The van der Waals surface area contributed by atoms with E-state index in [1.807, 2.05) is 0 Å². The average Bonchev–Trinajstić information content (AvgIpc) is 2.40. The van der Waals surface area contributed by atoms with Gasteiger partial charge in [-0.15, -0.1) is 10.2 Å². The van der Waals surface area contributed by atoms with Crippen molar-refractivity contribution in [2.75, 3.05) is 5.43 Å². The van der Waals surface area contributed by atoms with E-state index in [2.05, 4.69) is 25.7 Å². The first-order valence-corrected chi connectivity index (χ1v) is 6.42. The molecular weight excluding hydrogens is 301 g/mol. The van der Waals surface area contributed by atoms with E-state index in [0.717, 1.165) is 5.56 Å². The number of anilines is 1. The van der Waals surface area contributed by atoms with E-state index in [1.165, 1.54) is 0 Å². The molecule has 0 radical (unpaired) electrons. The molecule has 0 aliphatic carbocycles. The summed E-state index contributed by atoms with van der Waals surface area (Å²) in [5, 5.41) is 12.6. The Kier molecular flexibility index (Phi) is 4.36. The molecule has 6 nitrogen and oxygen atoms in total. The number of nitrogens with one attached hydrogen (secondary N) is 2. The van der Waals surface area contributed by atoms with Crippen molar-refractivity contribution in [1.82, 2.24) is 15.2 Å². The maximum atomic E-state index is 11.4. The van der Waals surface area contributed by atoms with Gasteiger partial charge in [-0.25, -0.2) is 5.43 Å². The van der Waals surface area contributed by atoms with Crippen molar-refractivity contribution in [2.24, 2.45) is 5.10 Å². The molecule has 0 atom stereocenters. The molecule has 104 valence electrons. The minimum absolute atomic E-state index is 0.157. The summed E-state index contributed by atoms with van der Waals surface area (Å²) in [7, 11) is 0. The van der Waals surface area contributed by atoms with Crippen LogP contribution in [-0.2, 0) is 0 Å². The summed E-state index contributed by atoms with van der Waals surface area (Å²) in [4.78, 5) is 13.9. The third-order valence-corrected chi connectivity index (χ3v) is 3.06. The lowest BCUT2D eigenvalue weighted by Gasteiger charge is -2.05. The first-order chi connectivity index (χ1) is 9.47. The molecule has 0 spiro atoms. The van der Waals surface area contributed by atoms with Gasteiger partial charge in [0, 0.05) is 10.6 Å². The molecule has 1 aromatic carbocycles. The molecule has 0 saturated heterocycles. The number of aryl methyl sites for hydroxylation is 1. The van der Waals surface area contributed by atoms with E-state index in [0.29, 0.717) is 15.8 Å². The third-order valence-electron chi connectivity index (χ3n) is 2.51. The normalized spacial score (nSPS) is 11.5. The molecule has 0 aliphatic heterocycles. The predicted octanol–water partition coefficient (Wildman–Crippen LogP) is 2.62. The monoisotopic (exact) mass is 311 g/mol. The molecule has 0 saturated carbocycles. The minimum atomic E-state index is -0.320. The number of aromatic nitrogens is 3. The molecule has 0 amide bonds. The summed E-state index contributed by atoms with van der Waals surface area (Å²) < 4.78 is 0. The number of hydrogen-bond acceptors (Lipinski definition) is 5. The summed E-state index contributed by atoms with van der Waals surface area (Å²) in [5.41, 5.74) is 3.94. The fourth-order valence-corrected chi connectivity index (χ4v) is 1.97. The molecule has 0 aliphatic rings. The zero-order chi connectivity index (χ0) is 14.7. The van der Waals surface area contributed by atoms with E-state index in [1.54, 1.807) is 32.0 Å². The molecule has 0 bridgehead atoms. The Bertz CT molecular complexity index is 726. The maximum absolute atomic E-state index is 11.4. The van der Waals surface area contributed by atoms with Crippen LogP contribution in [-0.4, -0.2) is 20.9 Å². The van der Waals surface area contributed by atoms with Crippen molar-refractivity contribution in [2.45, 2.75) is 13.8 Å². The first-order valence-electron chi connectivity index (χ1n) is 5.66. The van der Waals surface area contributed by atoms with Crippen LogP contribution in [0.15, 0.2) is 28.1 Å². The van der Waals surface area contributed by atoms with Crippen molar-refractivity contribution >= 4 is 34.9 Å². The maximum Gasteiger partial charge on any atom is 0.274 e. The Hall–Kier alpha value is -1.92. The van der Waals surface area contributed by atoms with Gasteiger partial charge >= 0.3 is 0 Å². The Labute approximate surface area is 124 Å². The van der Waals surface area contributed by atoms with E-state index in [9.17, 15) is 4.79 Å². The topological polar surface area (TPSA) is 83.0 Å². The fraction of sp³-hybridized carbons (Fsp3) is 0.167. The van der Waals surface area contributed by atoms with Crippen molar-refractivity contribution in [3.63, 3.8) is 0 Å². The quantitative estimate of drug-likeness (QED) is 0.674. The van der Waals surface area contributed by atoms with Crippen molar-refractivity contribution < 1.29 is 0 Å². The second kappa shape index (κ2) is 6.02. The van der Waals surface area contributed by atoms with Gasteiger partial charge in [0.05, 0.1) is 10.7 Å². The van der Waals surface area contributed by atoms with Gasteiger partial charge < -0.3 is 0 Å². The van der Waals surface area contributed by atoms with Crippen molar-refractivity contribution in [3.8, 4) is 0 Å². The molecule has 8 heteroatoms. The van der Waals surface area contributed by atoms with E-state index >= 15 is 0 Å². The van der Waals surface area contributed by atoms with Gasteiger partial charge in [0.2, 0.25) is 5.95 Å². The fourth-order valence-electron chi connectivity index (χ4n) is 1.42. The largest absolute Gasteiger partial charge is 0.288 e. The van der Waals surface area contributed by atoms with Gasteiger partial charge in [0.25, 0.3) is 5.56 Å². The highest BCUT2D eigenvalue weighted by atomic mass is 35.5. The molecule has 0 unspecified atom stereocenters. The van der Waals surface area contributed by atoms with Gasteiger partial charge in [-0.1, -0.05) is 29.3 Å². The molecule has 0 fully saturated rings. The number of halogens is 2. The second-order valence-electron chi connectivity index (χ2n) is 4.02. The number of H-pyrrole nitrogens is 1. The zero-order valence-electron chi connectivity index (χ0n) is 10.7. The molecule has 20 heavy (non-hydrogen) atoms. The van der Waals surface area contributed by atoms with Crippen LogP contribution in [0.4, 0.5) is 5.95 Å². The standard InChI is InChI=1S/C12H11Cl2N5O/c1-6(9-4-3-8(13)5-10(9)14)16-18-12-15-11(20)7(2)17-19-12/h3-5H,1-2H3,(H2,15,18,19,20)/b16-6-. The van der Waals surface area contributed by atoms with Crippen LogP contribution in [0.5, 0.6) is 0 Å². The van der Waals surface area contributed by atoms with Gasteiger partial charge in [-0.05, 0) is 26.0 Å². The Morgan fingerprint density at radius 3 is 2.75 bits per heavy atom. The van der Waals surface area contributed by atoms with Crippen LogP contribution < -0.4 is 11.0 Å². The summed E-state index contributed by atoms with van der Waals surface area (Å²) in [6.45, 7) is 3.33. The highest BCUT2D eigenvalue weighted by molar-refractivity contribution is 6.37. The van der Waals surface area contributed by atoms with Crippen LogP contribution in [0, 0.1) is 6.92 Å². The Morgan fingerprint density at radius 1 is 1.35 bits per heavy atom. The van der Waals surface area contributed by atoms with Gasteiger partial charge in [0.1, 0.15) is 5.69 Å². The summed E-state index contributed by atoms with van der Waals surface area (Å²) in [5.74, 6) is 0.157. The molecule has 1 heterocycles. The zero-order valence-corrected chi connectivity index (χ0v) is 12.2. The van der Waals surface area contributed by atoms with Crippen LogP contribution in [0.25, 0.3) is 0 Å². The molecule has 1 aromatic heterocycles. The van der Waals surface area contributed by atoms with E-state index in [-0.39, 0.29) is 17.2 Å². The van der Waals surface area contributed by atoms with Crippen molar-refractivity contribution in [3.05, 3.63) is 49.9 Å². The molecule has 2 N–H and O–H groups in total. The number of rotatable bonds is 3. The predicted molar refractivity (Wildman–Crippen MR) is 79.7 cm³/mol. The summed E-state index contributed by atoms with van der Waals surface area (Å²) in [6.07, 6.45) is 0. The third kappa shape index (κ3) is 3.34. The molecular formula is C12H11Cl2N5O. The Balaban J connectivity index is 2.22. The lowest BCUT2D eigenvalue weighted by atomic mass is 10.1. The number of hydrazone groups is 1. The number of hydrogen-bond donors (Lipinski definition) is 2. The van der Waals surface area contributed by atoms with Crippen LogP contribution in [0.1, 0.15) is 18.2 Å². The smallest absolute Gasteiger partial charge is 0.274 e. The molecule has 2 rings (SSSR count). The number of aromatic amines is 1. The highest BCUT2D eigenvalue weighted by Crippen LogP contribution is 2.21. The minimum Gasteiger partial charge on any atom is -0.288 e. The van der Waals surface area contributed by atoms with Crippen LogP contribution in [0.2, 0.25) is 10.0 Å². The van der Waals surface area contributed by atoms with Crippen molar-refractivity contribution in [1.29, 1.82) is 0 Å². The Morgan fingerprint density at radius 2 is 2.10 bits per heavy atom. The highest BCUT2D eigenvalue weighted by Gasteiger charge is 2.05. The second-order valence-corrected chi connectivity index (χ2v) is 4.86. The SMILES string of the molecule is C/C(=N/Nc1nnc(C)c(=O)[nH]1)c1ccc(Cl)cc1Cl. The average molecular weight is 312 g/mol. The van der Waals surface area contributed by atoms with Gasteiger partial charge in [-0.3, -0.25) is 9.78 Å². The van der Waals surface area contributed by atoms with Gasteiger partial charge in [-0.2, -0.15) is 5.10 Å².